The minimum Gasteiger partial charge on any atom is -0.481 e. The van der Waals surface area contributed by atoms with Gasteiger partial charge in [-0.3, -0.25) is 9.59 Å². The molecular formula is C12H13FN2O5. The van der Waals surface area contributed by atoms with Crippen LogP contribution in [0.1, 0.15) is 29.6 Å². The van der Waals surface area contributed by atoms with E-state index in [-0.39, 0.29) is 24.8 Å². The maximum atomic E-state index is 12.6. The number of rotatable bonds is 7. The van der Waals surface area contributed by atoms with Crippen molar-refractivity contribution in [3.05, 3.63) is 29.8 Å². The average molecular weight is 284 g/mol. The topological polar surface area (TPSA) is 117 Å². The highest BCUT2D eigenvalue weighted by Crippen LogP contribution is 2.05. The van der Waals surface area contributed by atoms with Crippen molar-refractivity contribution in [2.45, 2.75) is 25.3 Å². The monoisotopic (exact) mass is 284 g/mol. The first-order chi connectivity index (χ1) is 9.40. The smallest absolute Gasteiger partial charge is 0.326 e. The van der Waals surface area contributed by atoms with Gasteiger partial charge in [-0.1, -0.05) is 0 Å². The van der Waals surface area contributed by atoms with Gasteiger partial charge in [0.15, 0.2) is 0 Å². The van der Waals surface area contributed by atoms with Crippen LogP contribution in [0.4, 0.5) is 4.39 Å². The van der Waals surface area contributed by atoms with E-state index in [4.69, 9.17) is 10.2 Å². The molecule has 0 spiro atoms. The Morgan fingerprint density at radius 2 is 2.00 bits per heavy atom. The first-order valence-electron chi connectivity index (χ1n) is 5.77. The van der Waals surface area contributed by atoms with E-state index >= 15 is 0 Å². The molecule has 1 atom stereocenters. The van der Waals surface area contributed by atoms with Crippen LogP contribution in [0, 0.1) is 5.95 Å². The Balaban J connectivity index is 2.60. The first-order valence-corrected chi connectivity index (χ1v) is 5.77. The minimum absolute atomic E-state index is 0.0119. The molecule has 0 aliphatic carbocycles. The van der Waals surface area contributed by atoms with Crippen molar-refractivity contribution < 1.29 is 29.0 Å². The van der Waals surface area contributed by atoms with Gasteiger partial charge in [0.1, 0.15) is 6.04 Å². The lowest BCUT2D eigenvalue weighted by Crippen LogP contribution is -2.40. The third-order valence-electron chi connectivity index (χ3n) is 2.48. The summed E-state index contributed by atoms with van der Waals surface area (Å²) in [4.78, 5) is 36.3. The van der Waals surface area contributed by atoms with Crippen LogP contribution >= 0.6 is 0 Å². The molecule has 1 aromatic rings. The summed E-state index contributed by atoms with van der Waals surface area (Å²) < 4.78 is 12.6. The van der Waals surface area contributed by atoms with E-state index in [0.717, 1.165) is 12.3 Å². The molecule has 0 aliphatic heterocycles. The quantitative estimate of drug-likeness (QED) is 0.633. The molecule has 1 amide bonds. The predicted octanol–water partition coefficient (Wildman–Crippen LogP) is 0.659. The Morgan fingerprint density at radius 3 is 2.50 bits per heavy atom. The molecule has 8 heteroatoms. The molecule has 0 aromatic carbocycles. The van der Waals surface area contributed by atoms with E-state index in [1.807, 2.05) is 0 Å². The van der Waals surface area contributed by atoms with E-state index in [1.165, 1.54) is 6.07 Å². The largest absolute Gasteiger partial charge is 0.481 e. The first kappa shape index (κ1) is 15.5. The number of nitrogens with zero attached hydrogens (tertiary/aromatic N) is 1. The Labute approximate surface area is 113 Å². The van der Waals surface area contributed by atoms with Gasteiger partial charge in [-0.15, -0.1) is 0 Å². The van der Waals surface area contributed by atoms with Gasteiger partial charge in [0.05, 0.1) is 5.56 Å². The molecule has 0 bridgehead atoms. The number of carboxylic acid groups (broad SMARTS) is 2. The lowest BCUT2D eigenvalue weighted by Gasteiger charge is -2.13. The van der Waals surface area contributed by atoms with Crippen molar-refractivity contribution in [1.82, 2.24) is 10.3 Å². The molecule has 0 saturated carbocycles. The third kappa shape index (κ3) is 5.01. The van der Waals surface area contributed by atoms with Gasteiger partial charge in [-0.2, -0.15) is 4.39 Å². The number of aliphatic carboxylic acids is 2. The Bertz CT molecular complexity index is 503. The summed E-state index contributed by atoms with van der Waals surface area (Å²) in [6.45, 7) is 0. The van der Waals surface area contributed by atoms with Crippen LogP contribution in [0.5, 0.6) is 0 Å². The fourth-order valence-corrected chi connectivity index (χ4v) is 1.47. The average Bonchev–Trinajstić information content (AvgIpc) is 2.37. The summed E-state index contributed by atoms with van der Waals surface area (Å²) in [5.41, 5.74) is 0.0240. The second-order valence-electron chi connectivity index (χ2n) is 4.02. The predicted molar refractivity (Wildman–Crippen MR) is 64.6 cm³/mol. The van der Waals surface area contributed by atoms with Gasteiger partial charge in [-0.25, -0.2) is 9.78 Å². The van der Waals surface area contributed by atoms with Gasteiger partial charge < -0.3 is 15.5 Å². The summed E-state index contributed by atoms with van der Waals surface area (Å²) in [5, 5.41) is 19.6. The maximum Gasteiger partial charge on any atom is 0.326 e. The fourth-order valence-electron chi connectivity index (χ4n) is 1.47. The molecule has 0 radical (unpaired) electrons. The van der Waals surface area contributed by atoms with Crippen molar-refractivity contribution in [3.63, 3.8) is 0 Å². The van der Waals surface area contributed by atoms with Gasteiger partial charge in [-0.05, 0) is 25.0 Å². The zero-order valence-corrected chi connectivity index (χ0v) is 10.4. The number of halogens is 1. The number of carbonyl (C=O) groups excluding carboxylic acids is 1. The molecule has 3 N–H and O–H groups in total. The molecule has 20 heavy (non-hydrogen) atoms. The number of hydrogen-bond donors (Lipinski definition) is 3. The van der Waals surface area contributed by atoms with Crippen molar-refractivity contribution in [1.29, 1.82) is 0 Å². The van der Waals surface area contributed by atoms with Crippen molar-refractivity contribution in [2.24, 2.45) is 0 Å². The van der Waals surface area contributed by atoms with Crippen molar-refractivity contribution >= 4 is 17.8 Å². The number of nitrogens with one attached hydrogen (secondary N) is 1. The molecule has 0 unspecified atom stereocenters. The number of carboxylic acids is 2. The van der Waals surface area contributed by atoms with Gasteiger partial charge >= 0.3 is 11.9 Å². The van der Waals surface area contributed by atoms with E-state index in [2.05, 4.69) is 10.3 Å². The molecule has 1 aromatic heterocycles. The molecule has 0 saturated heterocycles. The van der Waals surface area contributed by atoms with Crippen LogP contribution in [-0.4, -0.2) is 39.1 Å². The summed E-state index contributed by atoms with van der Waals surface area (Å²) >= 11 is 0. The molecule has 108 valence electrons. The summed E-state index contributed by atoms with van der Waals surface area (Å²) in [6, 6.07) is 0.954. The van der Waals surface area contributed by atoms with Crippen LogP contribution < -0.4 is 5.32 Å². The van der Waals surface area contributed by atoms with Crippen LogP contribution in [0.25, 0.3) is 0 Å². The summed E-state index contributed by atoms with van der Waals surface area (Å²) in [7, 11) is 0. The normalized spacial score (nSPS) is 11.7. The van der Waals surface area contributed by atoms with Gasteiger partial charge in [0.25, 0.3) is 5.91 Å². The number of aromatic nitrogens is 1. The highest BCUT2D eigenvalue weighted by molar-refractivity contribution is 5.96. The zero-order chi connectivity index (χ0) is 15.1. The second kappa shape index (κ2) is 7.17. The Kier molecular flexibility index (Phi) is 5.57. The van der Waals surface area contributed by atoms with Gasteiger partial charge in [0.2, 0.25) is 5.95 Å². The Hall–Kier alpha value is -2.51. The molecule has 0 fully saturated rings. The fraction of sp³-hybridized carbons (Fsp3) is 0.333. The van der Waals surface area contributed by atoms with E-state index < -0.39 is 29.8 Å². The van der Waals surface area contributed by atoms with E-state index in [9.17, 15) is 18.8 Å². The standard InChI is InChI=1S/C12H13FN2O5/c13-9-5-4-7(6-14-9)11(18)15-8(12(19)20)2-1-3-10(16)17/h4-6,8H,1-3H2,(H,15,18)(H,16,17)(H,19,20)/t8-/m1/s1. The van der Waals surface area contributed by atoms with E-state index in [1.54, 1.807) is 0 Å². The van der Waals surface area contributed by atoms with Crippen LogP contribution in [0.2, 0.25) is 0 Å². The third-order valence-corrected chi connectivity index (χ3v) is 2.48. The Morgan fingerprint density at radius 1 is 1.30 bits per heavy atom. The number of pyridine rings is 1. The second-order valence-corrected chi connectivity index (χ2v) is 4.02. The highest BCUT2D eigenvalue weighted by atomic mass is 19.1. The SMILES string of the molecule is O=C(O)CCC[C@@H](NC(=O)c1ccc(F)nc1)C(=O)O. The van der Waals surface area contributed by atoms with Gasteiger partial charge in [0, 0.05) is 12.6 Å². The number of amides is 1. The minimum atomic E-state index is -1.26. The summed E-state index contributed by atoms with van der Waals surface area (Å²) in [6.07, 6.45) is 0.912. The maximum absolute atomic E-state index is 12.6. The highest BCUT2D eigenvalue weighted by Gasteiger charge is 2.20. The molecule has 7 nitrogen and oxygen atoms in total. The number of hydrogen-bond acceptors (Lipinski definition) is 4. The zero-order valence-electron chi connectivity index (χ0n) is 10.4. The lowest BCUT2D eigenvalue weighted by molar-refractivity contribution is -0.140. The van der Waals surface area contributed by atoms with Crippen LogP contribution in [-0.2, 0) is 9.59 Å². The molecule has 0 aliphatic rings. The van der Waals surface area contributed by atoms with Crippen molar-refractivity contribution in [2.75, 3.05) is 0 Å². The van der Waals surface area contributed by atoms with Crippen LogP contribution in [0.15, 0.2) is 18.3 Å². The van der Waals surface area contributed by atoms with Crippen LogP contribution in [0.3, 0.4) is 0 Å². The molecule has 1 heterocycles. The molecular weight excluding hydrogens is 271 g/mol. The van der Waals surface area contributed by atoms with Crippen molar-refractivity contribution in [3.8, 4) is 0 Å². The lowest BCUT2D eigenvalue weighted by atomic mass is 10.1. The molecule has 1 rings (SSSR count). The van der Waals surface area contributed by atoms with E-state index in [0.29, 0.717) is 0 Å². The summed E-state index contributed by atoms with van der Waals surface area (Å²) in [5.74, 6) is -3.76. The number of carbonyl (C=O) groups is 3.